The maximum atomic E-state index is 5.75. The molecule has 94 valence electrons. The Hall–Kier alpha value is -0.820. The third kappa shape index (κ3) is 2.40. The van der Waals surface area contributed by atoms with E-state index in [1.807, 2.05) is 0 Å². The van der Waals surface area contributed by atoms with Gasteiger partial charge in [0, 0.05) is 0 Å². The van der Waals surface area contributed by atoms with Crippen molar-refractivity contribution in [2.24, 2.45) is 0 Å². The average molecular weight is 232 g/mol. The smallest absolute Gasteiger partial charge is 0.0724 e. The highest BCUT2D eigenvalue weighted by atomic mass is 16.5. The lowest BCUT2D eigenvalue weighted by molar-refractivity contribution is 0.110. The number of ether oxygens (including phenoxy) is 1. The summed E-state index contributed by atoms with van der Waals surface area (Å²) in [6, 6.07) is 4.73. The summed E-state index contributed by atoms with van der Waals surface area (Å²) in [6.45, 7) is 15.2. The Labute approximate surface area is 105 Å². The molecule has 0 N–H and O–H groups in total. The van der Waals surface area contributed by atoms with Crippen molar-refractivity contribution < 1.29 is 4.74 Å². The van der Waals surface area contributed by atoms with Crippen LogP contribution in [0.15, 0.2) is 12.1 Å². The summed E-state index contributed by atoms with van der Waals surface area (Å²) in [5, 5.41) is 0. The number of fused-ring (bicyclic) bond motifs is 4. The SMILES string of the molecule is CC(C)(C)c1cc2c(C(C)(C)C)cc1COC2. The molecule has 0 fully saturated rings. The summed E-state index contributed by atoms with van der Waals surface area (Å²) < 4.78 is 5.75. The fourth-order valence-corrected chi connectivity index (χ4v) is 2.60. The van der Waals surface area contributed by atoms with Crippen molar-refractivity contribution in [2.45, 2.75) is 65.6 Å². The third-order valence-corrected chi connectivity index (χ3v) is 3.46. The monoisotopic (exact) mass is 232 g/mol. The molecule has 3 rings (SSSR count). The van der Waals surface area contributed by atoms with Gasteiger partial charge in [-0.25, -0.2) is 0 Å². The largest absolute Gasteiger partial charge is 0.372 e. The molecule has 0 radical (unpaired) electrons. The number of benzene rings is 1. The van der Waals surface area contributed by atoms with E-state index >= 15 is 0 Å². The van der Waals surface area contributed by atoms with Crippen molar-refractivity contribution in [3.05, 3.63) is 34.4 Å². The van der Waals surface area contributed by atoms with Crippen LogP contribution >= 0.6 is 0 Å². The van der Waals surface area contributed by atoms with E-state index in [0.717, 1.165) is 13.2 Å². The minimum absolute atomic E-state index is 0.203. The summed E-state index contributed by atoms with van der Waals surface area (Å²) >= 11 is 0. The van der Waals surface area contributed by atoms with Crippen LogP contribution in [0.3, 0.4) is 0 Å². The first kappa shape index (κ1) is 12.6. The van der Waals surface area contributed by atoms with E-state index in [1.54, 1.807) is 0 Å². The maximum Gasteiger partial charge on any atom is 0.0724 e. The van der Waals surface area contributed by atoms with Crippen LogP contribution in [0.4, 0.5) is 0 Å². The zero-order valence-corrected chi connectivity index (χ0v) is 12.0. The van der Waals surface area contributed by atoms with Crippen LogP contribution < -0.4 is 0 Å². The zero-order valence-electron chi connectivity index (χ0n) is 12.0. The minimum Gasteiger partial charge on any atom is -0.372 e. The molecule has 2 aliphatic rings. The first-order valence-electron chi connectivity index (χ1n) is 6.44. The van der Waals surface area contributed by atoms with Crippen LogP contribution in [0.1, 0.15) is 63.8 Å². The number of hydrogen-bond acceptors (Lipinski definition) is 1. The van der Waals surface area contributed by atoms with Crippen molar-refractivity contribution >= 4 is 0 Å². The van der Waals surface area contributed by atoms with Gasteiger partial charge in [-0.15, -0.1) is 0 Å². The Kier molecular flexibility index (Phi) is 2.86. The van der Waals surface area contributed by atoms with Gasteiger partial charge < -0.3 is 4.74 Å². The maximum absolute atomic E-state index is 5.75. The topological polar surface area (TPSA) is 9.23 Å². The van der Waals surface area contributed by atoms with Crippen molar-refractivity contribution in [3.8, 4) is 0 Å². The van der Waals surface area contributed by atoms with E-state index in [1.165, 1.54) is 22.3 Å². The highest BCUT2D eigenvalue weighted by Crippen LogP contribution is 2.36. The van der Waals surface area contributed by atoms with Crippen molar-refractivity contribution in [1.29, 1.82) is 0 Å². The fourth-order valence-electron chi connectivity index (χ4n) is 2.60. The standard InChI is InChI=1S/C16H24O/c1-15(2,3)13-7-12-10-17-9-11(13)8-14(12)16(4,5)6/h7-8H,9-10H2,1-6H3. The molecule has 1 nitrogen and oxygen atoms in total. The first-order chi connectivity index (χ1) is 7.69. The molecule has 2 heterocycles. The summed E-state index contributed by atoms with van der Waals surface area (Å²) in [7, 11) is 0. The van der Waals surface area contributed by atoms with Crippen LogP contribution in [0.5, 0.6) is 0 Å². The van der Waals surface area contributed by atoms with Crippen LogP contribution in [-0.2, 0) is 28.8 Å². The van der Waals surface area contributed by atoms with Crippen LogP contribution in [0.25, 0.3) is 0 Å². The molecule has 2 bridgehead atoms. The molecule has 1 aromatic rings. The molecular formula is C16H24O. The number of hydrogen-bond donors (Lipinski definition) is 0. The van der Waals surface area contributed by atoms with E-state index in [4.69, 9.17) is 4.74 Å². The third-order valence-electron chi connectivity index (χ3n) is 3.46. The lowest BCUT2D eigenvalue weighted by Crippen LogP contribution is -2.18. The predicted octanol–water partition coefficient (Wildman–Crippen LogP) is 4.31. The fraction of sp³-hybridized carbons (Fsp3) is 0.625. The molecule has 0 saturated carbocycles. The average Bonchev–Trinajstić information content (AvgIpc) is 2.46. The van der Waals surface area contributed by atoms with Gasteiger partial charge in [0.15, 0.2) is 0 Å². The lowest BCUT2D eigenvalue weighted by Gasteiger charge is -2.27. The molecule has 1 heteroatoms. The van der Waals surface area contributed by atoms with Crippen LogP contribution in [0.2, 0.25) is 0 Å². The second kappa shape index (κ2) is 3.84. The van der Waals surface area contributed by atoms with Gasteiger partial charge in [0.25, 0.3) is 0 Å². The van der Waals surface area contributed by atoms with Crippen LogP contribution in [0, 0.1) is 0 Å². The van der Waals surface area contributed by atoms with Gasteiger partial charge in [-0.3, -0.25) is 0 Å². The highest BCUT2D eigenvalue weighted by molar-refractivity contribution is 5.45. The van der Waals surface area contributed by atoms with Gasteiger partial charge in [-0.05, 0) is 33.1 Å². The number of rotatable bonds is 0. The normalized spacial score (nSPS) is 16.1. The molecule has 1 aromatic carbocycles. The molecule has 0 aromatic heterocycles. The Morgan fingerprint density at radius 1 is 0.765 bits per heavy atom. The molecule has 0 spiro atoms. The summed E-state index contributed by atoms with van der Waals surface area (Å²) in [4.78, 5) is 0. The minimum atomic E-state index is 0.203. The summed E-state index contributed by atoms with van der Waals surface area (Å²) in [5.41, 5.74) is 6.02. The van der Waals surface area contributed by atoms with Crippen LogP contribution in [-0.4, -0.2) is 0 Å². The van der Waals surface area contributed by atoms with E-state index in [-0.39, 0.29) is 10.8 Å². The Balaban J connectivity index is 2.62. The van der Waals surface area contributed by atoms with Gasteiger partial charge >= 0.3 is 0 Å². The van der Waals surface area contributed by atoms with Gasteiger partial charge in [0.2, 0.25) is 0 Å². The van der Waals surface area contributed by atoms with Crippen molar-refractivity contribution in [1.82, 2.24) is 0 Å². The van der Waals surface area contributed by atoms with Gasteiger partial charge in [0.05, 0.1) is 13.2 Å². The van der Waals surface area contributed by atoms with E-state index in [0.29, 0.717) is 0 Å². The van der Waals surface area contributed by atoms with Gasteiger partial charge in [-0.2, -0.15) is 0 Å². The molecule has 0 aliphatic carbocycles. The van der Waals surface area contributed by atoms with Gasteiger partial charge in [0.1, 0.15) is 0 Å². The molecule has 17 heavy (non-hydrogen) atoms. The summed E-state index contributed by atoms with van der Waals surface area (Å²) in [6.07, 6.45) is 0. The Morgan fingerprint density at radius 3 is 1.41 bits per heavy atom. The molecule has 0 saturated heterocycles. The zero-order chi connectivity index (χ0) is 12.8. The quantitative estimate of drug-likeness (QED) is 0.647. The van der Waals surface area contributed by atoms with Crippen molar-refractivity contribution in [2.75, 3.05) is 0 Å². The molecular weight excluding hydrogens is 208 g/mol. The first-order valence-corrected chi connectivity index (χ1v) is 6.44. The second-order valence-electron chi connectivity index (χ2n) is 7.16. The summed E-state index contributed by atoms with van der Waals surface area (Å²) in [5.74, 6) is 0. The highest BCUT2D eigenvalue weighted by Gasteiger charge is 2.26. The molecule has 0 unspecified atom stereocenters. The predicted molar refractivity (Wildman–Crippen MR) is 72.3 cm³/mol. The lowest BCUT2D eigenvalue weighted by atomic mass is 9.77. The Morgan fingerprint density at radius 2 is 1.12 bits per heavy atom. The molecule has 2 aliphatic heterocycles. The van der Waals surface area contributed by atoms with E-state index in [2.05, 4.69) is 53.7 Å². The Bertz CT molecular complexity index is 388. The second-order valence-corrected chi connectivity index (χ2v) is 7.16. The van der Waals surface area contributed by atoms with E-state index < -0.39 is 0 Å². The van der Waals surface area contributed by atoms with Crippen molar-refractivity contribution in [3.63, 3.8) is 0 Å². The molecule has 0 atom stereocenters. The molecule has 0 amide bonds. The van der Waals surface area contributed by atoms with E-state index in [9.17, 15) is 0 Å². The van der Waals surface area contributed by atoms with Gasteiger partial charge in [-0.1, -0.05) is 53.7 Å².